The van der Waals surface area contributed by atoms with Crippen LogP contribution in [0.4, 0.5) is 11.4 Å². The van der Waals surface area contributed by atoms with E-state index in [9.17, 15) is 4.79 Å². The number of carbonyl (C=O) groups is 1. The number of amides is 1. The summed E-state index contributed by atoms with van der Waals surface area (Å²) in [5.74, 6) is 1.59. The smallest absolute Gasteiger partial charge is 0.238 e. The first-order valence-corrected chi connectivity index (χ1v) is 10.7. The van der Waals surface area contributed by atoms with E-state index < -0.39 is 0 Å². The van der Waals surface area contributed by atoms with E-state index in [1.54, 1.807) is 0 Å². The number of benzene rings is 2. The van der Waals surface area contributed by atoms with E-state index in [0.29, 0.717) is 18.3 Å². The van der Waals surface area contributed by atoms with Crippen molar-refractivity contribution in [2.24, 2.45) is 0 Å². The lowest BCUT2D eigenvalue weighted by molar-refractivity contribution is -0.117. The molecule has 0 unspecified atom stereocenters. The van der Waals surface area contributed by atoms with Crippen molar-refractivity contribution in [1.29, 1.82) is 0 Å². The standard InChI is InChI=1S/C24H29N5O2/c1-17-5-4-6-19(15-17)23-26-24(31-27-23)18-11-13-29(14-12-18)16-22(30)25-20-7-9-21(10-8-20)28(2)3/h4-10,15,18H,11-14,16H2,1-3H3,(H,25,30). The second kappa shape index (κ2) is 9.31. The summed E-state index contributed by atoms with van der Waals surface area (Å²) in [4.78, 5) is 21.3. The minimum Gasteiger partial charge on any atom is -0.378 e. The molecule has 1 aromatic heterocycles. The third-order valence-corrected chi connectivity index (χ3v) is 5.69. The van der Waals surface area contributed by atoms with Gasteiger partial charge >= 0.3 is 0 Å². The van der Waals surface area contributed by atoms with Crippen LogP contribution in [0.3, 0.4) is 0 Å². The van der Waals surface area contributed by atoms with Crippen LogP contribution in [0.25, 0.3) is 11.4 Å². The molecule has 2 aromatic carbocycles. The molecule has 0 atom stereocenters. The van der Waals surface area contributed by atoms with Crippen LogP contribution in [0.1, 0.15) is 30.2 Å². The number of nitrogens with one attached hydrogen (secondary N) is 1. The van der Waals surface area contributed by atoms with Gasteiger partial charge in [0.25, 0.3) is 0 Å². The Balaban J connectivity index is 1.27. The largest absolute Gasteiger partial charge is 0.378 e. The molecule has 0 radical (unpaired) electrons. The molecule has 1 amide bonds. The number of hydrogen-bond donors (Lipinski definition) is 1. The summed E-state index contributed by atoms with van der Waals surface area (Å²) in [6.45, 7) is 4.11. The van der Waals surface area contributed by atoms with Crippen molar-refractivity contribution < 1.29 is 9.32 Å². The van der Waals surface area contributed by atoms with E-state index in [4.69, 9.17) is 4.52 Å². The van der Waals surface area contributed by atoms with Crippen LogP contribution >= 0.6 is 0 Å². The summed E-state index contributed by atoms with van der Waals surface area (Å²) in [6.07, 6.45) is 1.81. The fraction of sp³-hybridized carbons (Fsp3) is 0.375. The van der Waals surface area contributed by atoms with Crippen molar-refractivity contribution >= 4 is 17.3 Å². The highest BCUT2D eigenvalue weighted by Gasteiger charge is 2.26. The van der Waals surface area contributed by atoms with E-state index >= 15 is 0 Å². The second-order valence-electron chi connectivity index (χ2n) is 8.37. The van der Waals surface area contributed by atoms with E-state index in [-0.39, 0.29) is 11.8 Å². The number of aryl methyl sites for hydroxylation is 1. The van der Waals surface area contributed by atoms with Crippen molar-refractivity contribution in [2.45, 2.75) is 25.7 Å². The third kappa shape index (κ3) is 5.30. The highest BCUT2D eigenvalue weighted by atomic mass is 16.5. The maximum Gasteiger partial charge on any atom is 0.238 e. The monoisotopic (exact) mass is 419 g/mol. The summed E-state index contributed by atoms with van der Waals surface area (Å²) in [5, 5.41) is 7.15. The summed E-state index contributed by atoms with van der Waals surface area (Å²) in [7, 11) is 3.99. The maximum atomic E-state index is 12.4. The molecule has 1 N–H and O–H groups in total. The molecule has 1 saturated heterocycles. The Hall–Kier alpha value is -3.19. The maximum absolute atomic E-state index is 12.4. The number of anilines is 2. The average Bonchev–Trinajstić information content (AvgIpc) is 3.25. The fourth-order valence-corrected chi connectivity index (χ4v) is 3.89. The molecule has 0 bridgehead atoms. The predicted molar refractivity (Wildman–Crippen MR) is 122 cm³/mol. The molecule has 3 aromatic rings. The number of likely N-dealkylation sites (tertiary alicyclic amines) is 1. The molecule has 1 fully saturated rings. The summed E-state index contributed by atoms with van der Waals surface area (Å²) in [5.41, 5.74) is 4.07. The molecule has 4 rings (SSSR count). The molecule has 7 heteroatoms. The Bertz CT molecular complexity index is 1020. The van der Waals surface area contributed by atoms with E-state index in [0.717, 1.165) is 42.9 Å². The van der Waals surface area contributed by atoms with Crippen molar-refractivity contribution in [2.75, 3.05) is 43.9 Å². The lowest BCUT2D eigenvalue weighted by Gasteiger charge is -2.29. The van der Waals surface area contributed by atoms with Gasteiger partial charge in [0.2, 0.25) is 17.6 Å². The SMILES string of the molecule is Cc1cccc(-c2noc(C3CCN(CC(=O)Nc4ccc(N(C)C)cc4)CC3)n2)c1. The first-order chi connectivity index (χ1) is 15.0. The van der Waals surface area contributed by atoms with Gasteiger partial charge in [-0.05, 0) is 63.2 Å². The van der Waals surface area contributed by atoms with Gasteiger partial charge in [-0.25, -0.2) is 0 Å². The number of nitrogens with zero attached hydrogens (tertiary/aromatic N) is 4. The van der Waals surface area contributed by atoms with Gasteiger partial charge in [0, 0.05) is 37.0 Å². The minimum atomic E-state index is 0.00979. The lowest BCUT2D eigenvalue weighted by atomic mass is 9.97. The van der Waals surface area contributed by atoms with Crippen LogP contribution < -0.4 is 10.2 Å². The Morgan fingerprint density at radius 1 is 1.16 bits per heavy atom. The highest BCUT2D eigenvalue weighted by Crippen LogP contribution is 2.28. The molecule has 31 heavy (non-hydrogen) atoms. The van der Waals surface area contributed by atoms with Gasteiger partial charge in [-0.2, -0.15) is 4.98 Å². The first-order valence-electron chi connectivity index (χ1n) is 10.7. The number of rotatable bonds is 6. The van der Waals surface area contributed by atoms with Gasteiger partial charge in [-0.15, -0.1) is 0 Å². The minimum absolute atomic E-state index is 0.00979. The fourth-order valence-electron chi connectivity index (χ4n) is 3.89. The van der Waals surface area contributed by atoms with Crippen LogP contribution in [-0.2, 0) is 4.79 Å². The van der Waals surface area contributed by atoms with Gasteiger partial charge in [-0.3, -0.25) is 9.69 Å². The predicted octanol–water partition coefficient (Wildman–Crippen LogP) is 3.93. The van der Waals surface area contributed by atoms with Gasteiger partial charge in [-0.1, -0.05) is 28.9 Å². The summed E-state index contributed by atoms with van der Waals surface area (Å²) >= 11 is 0. The molecule has 1 aliphatic rings. The van der Waals surface area contributed by atoms with Gasteiger partial charge in [0.1, 0.15) is 0 Å². The molecule has 0 saturated carbocycles. The average molecular weight is 420 g/mol. The highest BCUT2D eigenvalue weighted by molar-refractivity contribution is 5.92. The summed E-state index contributed by atoms with van der Waals surface area (Å²) in [6, 6.07) is 16.0. The Morgan fingerprint density at radius 3 is 2.58 bits per heavy atom. The number of aromatic nitrogens is 2. The number of carbonyl (C=O) groups excluding carboxylic acids is 1. The molecule has 2 heterocycles. The topological polar surface area (TPSA) is 74.5 Å². The Morgan fingerprint density at radius 2 is 1.90 bits per heavy atom. The zero-order valence-electron chi connectivity index (χ0n) is 18.3. The number of hydrogen-bond acceptors (Lipinski definition) is 6. The molecular formula is C24H29N5O2. The van der Waals surface area contributed by atoms with E-state index in [2.05, 4.69) is 39.4 Å². The van der Waals surface area contributed by atoms with Crippen molar-refractivity contribution in [1.82, 2.24) is 15.0 Å². The molecule has 7 nitrogen and oxygen atoms in total. The van der Waals surface area contributed by atoms with Crippen molar-refractivity contribution in [3.63, 3.8) is 0 Å². The molecule has 162 valence electrons. The van der Waals surface area contributed by atoms with Crippen molar-refractivity contribution in [3.05, 3.63) is 60.0 Å². The normalized spacial score (nSPS) is 15.1. The second-order valence-corrected chi connectivity index (χ2v) is 8.37. The molecule has 1 aliphatic heterocycles. The zero-order chi connectivity index (χ0) is 21.8. The Kier molecular flexibility index (Phi) is 6.32. The number of piperidine rings is 1. The van der Waals surface area contributed by atoms with E-state index in [1.807, 2.05) is 55.4 Å². The summed E-state index contributed by atoms with van der Waals surface area (Å²) < 4.78 is 5.56. The quantitative estimate of drug-likeness (QED) is 0.653. The zero-order valence-corrected chi connectivity index (χ0v) is 18.3. The lowest BCUT2D eigenvalue weighted by Crippen LogP contribution is -2.38. The van der Waals surface area contributed by atoms with Crippen LogP contribution in [-0.4, -0.2) is 54.7 Å². The first kappa shape index (κ1) is 21.1. The van der Waals surface area contributed by atoms with Crippen LogP contribution in [0, 0.1) is 6.92 Å². The Labute approximate surface area is 183 Å². The molecular weight excluding hydrogens is 390 g/mol. The van der Waals surface area contributed by atoms with Gasteiger partial charge in [0.15, 0.2) is 0 Å². The third-order valence-electron chi connectivity index (χ3n) is 5.69. The van der Waals surface area contributed by atoms with Crippen molar-refractivity contribution in [3.8, 4) is 11.4 Å². The van der Waals surface area contributed by atoms with E-state index in [1.165, 1.54) is 5.56 Å². The van der Waals surface area contributed by atoms with Crippen LogP contribution in [0.5, 0.6) is 0 Å². The molecule has 0 spiro atoms. The van der Waals surface area contributed by atoms with Crippen LogP contribution in [0.15, 0.2) is 53.1 Å². The van der Waals surface area contributed by atoms with Gasteiger partial charge < -0.3 is 14.7 Å². The van der Waals surface area contributed by atoms with Crippen LogP contribution in [0.2, 0.25) is 0 Å². The molecule has 0 aliphatic carbocycles. The van der Waals surface area contributed by atoms with Gasteiger partial charge in [0.05, 0.1) is 6.54 Å².